The van der Waals surface area contributed by atoms with Crippen LogP contribution in [0.5, 0.6) is 0 Å². The maximum Gasteiger partial charge on any atom is 0.321 e. The minimum Gasteiger partial charge on any atom is -0.338 e. The van der Waals surface area contributed by atoms with E-state index >= 15 is 0 Å². The van der Waals surface area contributed by atoms with Gasteiger partial charge in [-0.3, -0.25) is 15.1 Å². The lowest BCUT2D eigenvalue weighted by molar-refractivity contribution is -0.117. The van der Waals surface area contributed by atoms with Crippen LogP contribution in [0.15, 0.2) is 29.7 Å². The number of thioether (sulfide) groups is 1. The molecule has 8 nitrogen and oxygen atoms in total. The molecule has 0 saturated heterocycles. The number of pyridine rings is 1. The number of carbonyl (C=O) groups is 2. The van der Waals surface area contributed by atoms with Crippen molar-refractivity contribution in [2.24, 2.45) is 5.92 Å². The fourth-order valence-corrected chi connectivity index (χ4v) is 3.11. The minimum absolute atomic E-state index is 0.0930. The number of aromatic nitrogens is 4. The van der Waals surface area contributed by atoms with E-state index in [0.717, 1.165) is 30.8 Å². The molecule has 0 aliphatic heterocycles. The summed E-state index contributed by atoms with van der Waals surface area (Å²) in [6, 6.07) is 3.28. The van der Waals surface area contributed by atoms with Gasteiger partial charge in [0.2, 0.25) is 5.91 Å². The van der Waals surface area contributed by atoms with Crippen molar-refractivity contribution in [2.75, 3.05) is 12.3 Å². The van der Waals surface area contributed by atoms with Crippen LogP contribution in [0.4, 0.5) is 4.79 Å². The summed E-state index contributed by atoms with van der Waals surface area (Å²) < 4.78 is 1.98. The molecule has 0 atom stereocenters. The van der Waals surface area contributed by atoms with E-state index in [1.54, 1.807) is 12.4 Å². The van der Waals surface area contributed by atoms with Crippen LogP contribution in [-0.4, -0.2) is 44.0 Å². The summed E-state index contributed by atoms with van der Waals surface area (Å²) >= 11 is 1.26. The molecule has 2 aromatic heterocycles. The van der Waals surface area contributed by atoms with Crippen LogP contribution >= 0.6 is 11.8 Å². The smallest absolute Gasteiger partial charge is 0.321 e. The van der Waals surface area contributed by atoms with Crippen LogP contribution in [0, 0.1) is 5.92 Å². The number of hydrogen-bond acceptors (Lipinski definition) is 6. The van der Waals surface area contributed by atoms with E-state index in [1.165, 1.54) is 11.8 Å². The molecule has 0 saturated carbocycles. The molecule has 0 unspecified atom stereocenters. The van der Waals surface area contributed by atoms with Gasteiger partial charge in [-0.05, 0) is 30.9 Å². The first-order valence-corrected chi connectivity index (χ1v) is 10.0. The normalized spacial score (nSPS) is 10.8. The number of urea groups is 1. The third-order valence-corrected chi connectivity index (χ3v) is 4.66. The maximum atomic E-state index is 12.0. The molecule has 2 heterocycles. The summed E-state index contributed by atoms with van der Waals surface area (Å²) in [7, 11) is 0. The number of rotatable bonds is 9. The molecule has 0 spiro atoms. The Morgan fingerprint density at radius 3 is 2.63 bits per heavy atom. The standard InChI is InChI=1S/C18H26N6O2S/c1-4-11-24-16(14-6-8-19-9-7-14)22-23-18(24)27-12-15(25)21-17(26)20-10-5-13(2)3/h6-9,13H,4-5,10-12H2,1-3H3,(H2,20,21,25,26). The van der Waals surface area contributed by atoms with Gasteiger partial charge in [0, 0.05) is 31.0 Å². The first-order chi connectivity index (χ1) is 13.0. The van der Waals surface area contributed by atoms with Crippen LogP contribution in [0.2, 0.25) is 0 Å². The molecule has 0 radical (unpaired) electrons. The van der Waals surface area contributed by atoms with Crippen molar-refractivity contribution in [2.45, 2.75) is 45.3 Å². The van der Waals surface area contributed by atoms with Crippen LogP contribution in [0.1, 0.15) is 33.6 Å². The van der Waals surface area contributed by atoms with Crippen molar-refractivity contribution in [1.82, 2.24) is 30.4 Å². The van der Waals surface area contributed by atoms with Gasteiger partial charge in [-0.15, -0.1) is 10.2 Å². The topological polar surface area (TPSA) is 102 Å². The van der Waals surface area contributed by atoms with Gasteiger partial charge in [0.15, 0.2) is 11.0 Å². The largest absolute Gasteiger partial charge is 0.338 e. The minimum atomic E-state index is -0.464. The first-order valence-electron chi connectivity index (χ1n) is 9.05. The van der Waals surface area contributed by atoms with Crippen LogP contribution in [0.25, 0.3) is 11.4 Å². The first kappa shape index (κ1) is 20.9. The predicted molar refractivity (Wildman–Crippen MR) is 105 cm³/mol. The Bertz CT molecular complexity index is 748. The second kappa shape index (κ2) is 10.7. The third-order valence-electron chi connectivity index (χ3n) is 3.70. The summed E-state index contributed by atoms with van der Waals surface area (Å²) in [4.78, 5) is 27.7. The van der Waals surface area contributed by atoms with Crippen molar-refractivity contribution in [1.29, 1.82) is 0 Å². The Hall–Kier alpha value is -2.42. The fourth-order valence-electron chi connectivity index (χ4n) is 2.35. The van der Waals surface area contributed by atoms with E-state index in [4.69, 9.17) is 0 Å². The molecule has 146 valence electrons. The molecular formula is C18H26N6O2S. The monoisotopic (exact) mass is 390 g/mol. The molecule has 9 heteroatoms. The Labute approximate surface area is 163 Å². The van der Waals surface area contributed by atoms with E-state index in [9.17, 15) is 9.59 Å². The Kier molecular flexibility index (Phi) is 8.25. The van der Waals surface area contributed by atoms with E-state index in [2.05, 4.69) is 46.6 Å². The van der Waals surface area contributed by atoms with Gasteiger partial charge in [-0.1, -0.05) is 32.5 Å². The van der Waals surface area contributed by atoms with E-state index < -0.39 is 6.03 Å². The molecule has 0 aromatic carbocycles. The number of nitrogens with zero attached hydrogens (tertiary/aromatic N) is 4. The van der Waals surface area contributed by atoms with Crippen molar-refractivity contribution in [3.8, 4) is 11.4 Å². The molecule has 2 N–H and O–H groups in total. The highest BCUT2D eigenvalue weighted by molar-refractivity contribution is 7.99. The van der Waals surface area contributed by atoms with Gasteiger partial charge in [-0.25, -0.2) is 4.79 Å². The Balaban J connectivity index is 1.92. The average molecular weight is 391 g/mol. The molecule has 0 fully saturated rings. The highest BCUT2D eigenvalue weighted by Gasteiger charge is 2.16. The summed E-state index contributed by atoms with van der Waals surface area (Å²) in [5, 5.41) is 14.1. The van der Waals surface area contributed by atoms with Crippen LogP contribution < -0.4 is 10.6 Å². The third kappa shape index (κ3) is 6.67. The van der Waals surface area contributed by atoms with Gasteiger partial charge in [0.1, 0.15) is 0 Å². The van der Waals surface area contributed by atoms with Gasteiger partial charge in [-0.2, -0.15) is 0 Å². The lowest BCUT2D eigenvalue weighted by atomic mass is 10.1. The number of imide groups is 1. The van der Waals surface area contributed by atoms with Gasteiger partial charge in [0.05, 0.1) is 5.75 Å². The average Bonchev–Trinajstić information content (AvgIpc) is 3.03. The molecule has 0 aliphatic carbocycles. The van der Waals surface area contributed by atoms with Crippen molar-refractivity contribution >= 4 is 23.7 Å². The molecule has 27 heavy (non-hydrogen) atoms. The maximum absolute atomic E-state index is 12.0. The second-order valence-corrected chi connectivity index (χ2v) is 7.41. The molecule has 2 aromatic rings. The summed E-state index contributed by atoms with van der Waals surface area (Å²) in [5.74, 6) is 0.971. The predicted octanol–water partition coefficient (Wildman–Crippen LogP) is 2.71. The summed E-state index contributed by atoms with van der Waals surface area (Å²) in [6.45, 7) is 7.51. The zero-order chi connectivity index (χ0) is 19.6. The van der Waals surface area contributed by atoms with Gasteiger partial charge >= 0.3 is 6.03 Å². The number of nitrogens with one attached hydrogen (secondary N) is 2. The lowest BCUT2D eigenvalue weighted by Crippen LogP contribution is -2.40. The number of amides is 3. The van der Waals surface area contributed by atoms with Crippen molar-refractivity contribution in [3.63, 3.8) is 0 Å². The summed E-state index contributed by atoms with van der Waals surface area (Å²) in [5.41, 5.74) is 0.923. The quantitative estimate of drug-likeness (QED) is 0.638. The van der Waals surface area contributed by atoms with Crippen molar-refractivity contribution < 1.29 is 9.59 Å². The Morgan fingerprint density at radius 2 is 1.96 bits per heavy atom. The van der Waals surface area contributed by atoms with Gasteiger partial charge in [0.25, 0.3) is 0 Å². The van der Waals surface area contributed by atoms with E-state index in [-0.39, 0.29) is 11.7 Å². The van der Waals surface area contributed by atoms with E-state index in [0.29, 0.717) is 17.6 Å². The molecule has 0 bridgehead atoms. The highest BCUT2D eigenvalue weighted by atomic mass is 32.2. The van der Waals surface area contributed by atoms with Gasteiger partial charge < -0.3 is 9.88 Å². The molecule has 0 aliphatic rings. The summed E-state index contributed by atoms with van der Waals surface area (Å²) in [6.07, 6.45) is 5.19. The van der Waals surface area contributed by atoms with E-state index in [1.807, 2.05) is 16.7 Å². The zero-order valence-electron chi connectivity index (χ0n) is 15.9. The molecule has 2 rings (SSSR count). The van der Waals surface area contributed by atoms with Crippen LogP contribution in [-0.2, 0) is 11.3 Å². The van der Waals surface area contributed by atoms with Crippen molar-refractivity contribution in [3.05, 3.63) is 24.5 Å². The second-order valence-electron chi connectivity index (χ2n) is 6.47. The zero-order valence-corrected chi connectivity index (χ0v) is 16.8. The molecular weight excluding hydrogens is 364 g/mol. The number of hydrogen-bond donors (Lipinski definition) is 2. The Morgan fingerprint density at radius 1 is 1.22 bits per heavy atom. The lowest BCUT2D eigenvalue weighted by Gasteiger charge is -2.09. The van der Waals surface area contributed by atoms with Crippen LogP contribution in [0.3, 0.4) is 0 Å². The fraction of sp³-hybridized carbons (Fsp3) is 0.500. The SMILES string of the molecule is CCCn1c(SCC(=O)NC(=O)NCCC(C)C)nnc1-c1ccncc1. The number of carbonyl (C=O) groups excluding carboxylic acids is 2. The highest BCUT2D eigenvalue weighted by Crippen LogP contribution is 2.23. The molecule has 3 amide bonds.